The number of aliphatic hydroxyl groups is 1. The average molecular weight is 902 g/mol. The summed E-state index contributed by atoms with van der Waals surface area (Å²) in [6.45, 7) is 3.24. The van der Waals surface area contributed by atoms with Crippen LogP contribution >= 0.6 is 0 Å². The maximum absolute atomic E-state index is 16.3. The zero-order valence-corrected chi connectivity index (χ0v) is 36.8. The Kier molecular flexibility index (Phi) is 12.0. The lowest BCUT2D eigenvalue weighted by Gasteiger charge is -2.46. The van der Waals surface area contributed by atoms with Crippen LogP contribution in [0.3, 0.4) is 0 Å². The quantitative estimate of drug-likeness (QED) is 0.117. The molecule has 4 amide bonds. The SMILES string of the molecule is COC(=O)C(NC(=O)N1C(=O)C2(c3cc(C#CCn4nnc5ccccc54)ccc31)C(C(N)=O)C1C(=O)OC(c3ccccc3)C(c3ccccc3)N1C2c1cccc(OCCO)c1)C(C)C. The first kappa shape index (κ1) is 44.3. The van der Waals surface area contributed by atoms with E-state index in [0.717, 1.165) is 10.4 Å². The van der Waals surface area contributed by atoms with Gasteiger partial charge in [0.25, 0.3) is 0 Å². The minimum absolute atomic E-state index is 0.0517. The summed E-state index contributed by atoms with van der Waals surface area (Å²) < 4.78 is 19.0. The lowest BCUT2D eigenvalue weighted by molar-refractivity contribution is -0.178. The number of primary amides is 1. The first-order valence-corrected chi connectivity index (χ1v) is 21.8. The van der Waals surface area contributed by atoms with E-state index >= 15 is 9.59 Å². The molecule has 5 aromatic carbocycles. The molecule has 0 saturated carbocycles. The Hall–Kier alpha value is -7.87. The molecule has 6 aromatic rings. The van der Waals surface area contributed by atoms with Gasteiger partial charge in [-0.3, -0.25) is 19.3 Å². The third-order valence-electron chi connectivity index (χ3n) is 12.8. The molecule has 4 N–H and O–H groups in total. The number of para-hydroxylation sites is 1. The van der Waals surface area contributed by atoms with E-state index in [1.807, 2.05) is 89.8 Å². The molecule has 1 spiro atoms. The zero-order chi connectivity index (χ0) is 47.0. The molecule has 7 atom stereocenters. The number of imide groups is 1. The highest BCUT2D eigenvalue weighted by molar-refractivity contribution is 6.25. The number of urea groups is 1. The monoisotopic (exact) mass is 901 g/mol. The summed E-state index contributed by atoms with van der Waals surface area (Å²) in [6, 6.07) is 31.9. The number of esters is 2. The molecule has 1 aromatic heterocycles. The van der Waals surface area contributed by atoms with Crippen molar-refractivity contribution in [1.82, 2.24) is 25.2 Å². The smallest absolute Gasteiger partial charge is 0.329 e. The van der Waals surface area contributed by atoms with Gasteiger partial charge in [0.15, 0.2) is 0 Å². The third kappa shape index (κ3) is 7.61. The molecule has 4 heterocycles. The second kappa shape index (κ2) is 18.2. The van der Waals surface area contributed by atoms with Crippen molar-refractivity contribution in [3.8, 4) is 17.6 Å². The molecule has 16 nitrogen and oxygen atoms in total. The second-order valence-corrected chi connectivity index (χ2v) is 16.9. The maximum Gasteiger partial charge on any atom is 0.329 e. The number of nitrogens with one attached hydrogen (secondary N) is 1. The van der Waals surface area contributed by atoms with Gasteiger partial charge in [0.05, 0.1) is 42.9 Å². The number of hydrogen-bond acceptors (Lipinski definition) is 12. The Morgan fingerprint density at radius 1 is 0.881 bits per heavy atom. The number of nitrogens with two attached hydrogens (primary N) is 1. The van der Waals surface area contributed by atoms with E-state index in [1.165, 1.54) is 7.11 Å². The Morgan fingerprint density at radius 2 is 1.58 bits per heavy atom. The van der Waals surface area contributed by atoms with E-state index in [9.17, 15) is 19.5 Å². The van der Waals surface area contributed by atoms with Crippen molar-refractivity contribution in [2.75, 3.05) is 25.2 Å². The van der Waals surface area contributed by atoms with Gasteiger partial charge in [-0.15, -0.1) is 5.10 Å². The standard InChI is InChI=1S/C51H47N7O9/c1-30(2)41(47(61)65-3)53-50(64)57-38-24-23-31(14-13-25-56-39-22-11-10-21-37(39)54-55-56)28-36(38)51(49(57)63)40(46(52)60)43-48(62)67-44(33-17-8-5-9-18-33)42(32-15-6-4-7-16-32)58(43)45(51)34-19-12-20-35(29-34)66-27-26-59/h4-12,15-24,28-30,40-45,59H,25-27H2,1-3H3,(H2,52,60)(H,53,64). The van der Waals surface area contributed by atoms with Crippen LogP contribution < -0.4 is 20.7 Å². The zero-order valence-electron chi connectivity index (χ0n) is 36.8. The van der Waals surface area contributed by atoms with E-state index in [0.29, 0.717) is 33.5 Å². The Labute approximate surface area is 385 Å². The molecule has 2 saturated heterocycles. The molecule has 3 aliphatic heterocycles. The molecule has 0 aliphatic carbocycles. The van der Waals surface area contributed by atoms with Crippen LogP contribution in [0.25, 0.3) is 11.0 Å². The first-order valence-electron chi connectivity index (χ1n) is 21.8. The summed E-state index contributed by atoms with van der Waals surface area (Å²) in [5.74, 6) is 1.11. The summed E-state index contributed by atoms with van der Waals surface area (Å²) in [6.07, 6.45) is -0.959. The van der Waals surface area contributed by atoms with Crippen molar-refractivity contribution >= 4 is 46.5 Å². The van der Waals surface area contributed by atoms with Crippen LogP contribution in [0.2, 0.25) is 0 Å². The molecule has 7 unspecified atom stereocenters. The van der Waals surface area contributed by atoms with E-state index in [-0.39, 0.29) is 31.0 Å². The lowest BCUT2D eigenvalue weighted by Crippen LogP contribution is -2.57. The summed E-state index contributed by atoms with van der Waals surface area (Å²) >= 11 is 0. The predicted molar refractivity (Wildman–Crippen MR) is 244 cm³/mol. The van der Waals surface area contributed by atoms with Crippen LogP contribution in [0.1, 0.15) is 59.9 Å². The number of benzene rings is 5. The summed E-state index contributed by atoms with van der Waals surface area (Å²) in [4.78, 5) is 76.6. The lowest BCUT2D eigenvalue weighted by atomic mass is 9.65. The summed E-state index contributed by atoms with van der Waals surface area (Å²) in [5.41, 5.74) is 8.30. The number of carbonyl (C=O) groups is 5. The Balaban J connectivity index is 1.31. The molecule has 9 rings (SSSR count). The van der Waals surface area contributed by atoms with E-state index in [4.69, 9.17) is 19.9 Å². The van der Waals surface area contributed by atoms with Crippen molar-refractivity contribution in [2.45, 2.75) is 56.1 Å². The number of morpholine rings is 1. The molecule has 0 bridgehead atoms. The summed E-state index contributed by atoms with van der Waals surface area (Å²) in [5, 5.41) is 20.9. The van der Waals surface area contributed by atoms with Crippen molar-refractivity contribution in [1.29, 1.82) is 0 Å². The van der Waals surface area contributed by atoms with Crippen LogP contribution in [-0.2, 0) is 40.6 Å². The largest absolute Gasteiger partial charge is 0.491 e. The Morgan fingerprint density at radius 3 is 2.28 bits per heavy atom. The molecule has 3 aliphatic rings. The van der Waals surface area contributed by atoms with Crippen molar-refractivity contribution in [2.24, 2.45) is 17.6 Å². The summed E-state index contributed by atoms with van der Waals surface area (Å²) in [7, 11) is 1.20. The van der Waals surface area contributed by atoms with Crippen LogP contribution in [-0.4, -0.2) is 87.2 Å². The van der Waals surface area contributed by atoms with Gasteiger partial charge in [0.1, 0.15) is 48.0 Å². The number of aliphatic hydroxyl groups excluding tert-OH is 1. The molecular formula is C51H47N7O9. The number of rotatable bonds is 11. The normalized spacial score (nSPS) is 22.4. The second-order valence-electron chi connectivity index (χ2n) is 16.9. The van der Waals surface area contributed by atoms with Crippen molar-refractivity contribution in [3.63, 3.8) is 0 Å². The number of cyclic esters (lactones) is 1. The van der Waals surface area contributed by atoms with Gasteiger partial charge >= 0.3 is 18.0 Å². The van der Waals surface area contributed by atoms with E-state index in [2.05, 4.69) is 27.5 Å². The van der Waals surface area contributed by atoms with Crippen molar-refractivity contribution < 1.29 is 43.3 Å². The van der Waals surface area contributed by atoms with Gasteiger partial charge in [-0.05, 0) is 70.6 Å². The topological polar surface area (TPSA) is 209 Å². The van der Waals surface area contributed by atoms with Gasteiger partial charge in [-0.25, -0.2) is 19.2 Å². The highest BCUT2D eigenvalue weighted by Gasteiger charge is 2.75. The van der Waals surface area contributed by atoms with Gasteiger partial charge in [-0.2, -0.15) is 0 Å². The van der Waals surface area contributed by atoms with E-state index < -0.39 is 77.3 Å². The molecular weight excluding hydrogens is 855 g/mol. The van der Waals surface area contributed by atoms with Crippen LogP contribution in [0.15, 0.2) is 127 Å². The first-order chi connectivity index (χ1) is 32.5. The number of fused-ring (bicyclic) bond motifs is 4. The fourth-order valence-corrected chi connectivity index (χ4v) is 10.0. The number of nitrogens with zero attached hydrogens (tertiary/aromatic N) is 5. The number of methoxy groups -OCH3 is 1. The van der Waals surface area contributed by atoms with Gasteiger partial charge in [0.2, 0.25) is 11.8 Å². The van der Waals surface area contributed by atoms with Gasteiger partial charge in [-0.1, -0.05) is 116 Å². The number of ether oxygens (including phenoxy) is 3. The fourth-order valence-electron chi connectivity index (χ4n) is 10.0. The average Bonchev–Trinajstić information content (AvgIpc) is 3.98. The highest BCUT2D eigenvalue weighted by atomic mass is 16.6. The van der Waals surface area contributed by atoms with Crippen LogP contribution in [0, 0.1) is 23.7 Å². The third-order valence-corrected chi connectivity index (χ3v) is 12.8. The molecule has 16 heteroatoms. The van der Waals surface area contributed by atoms with Crippen LogP contribution in [0.4, 0.5) is 10.5 Å². The minimum Gasteiger partial charge on any atom is -0.491 e. The van der Waals surface area contributed by atoms with Crippen molar-refractivity contribution in [3.05, 3.63) is 155 Å². The number of carbonyl (C=O) groups excluding carboxylic acids is 5. The molecule has 2 fully saturated rings. The van der Waals surface area contributed by atoms with Gasteiger partial charge < -0.3 is 30.4 Å². The molecule has 340 valence electrons. The number of anilines is 1. The number of aromatic nitrogens is 3. The number of amides is 4. The Bertz CT molecular complexity index is 2950. The van der Waals surface area contributed by atoms with Crippen LogP contribution in [0.5, 0.6) is 5.75 Å². The molecule has 0 radical (unpaired) electrons. The predicted octanol–water partition coefficient (Wildman–Crippen LogP) is 4.91. The van der Waals surface area contributed by atoms with E-state index in [1.54, 1.807) is 61.0 Å². The maximum atomic E-state index is 16.3. The fraction of sp³-hybridized carbons (Fsp3) is 0.275. The molecule has 67 heavy (non-hydrogen) atoms. The minimum atomic E-state index is -2.14. The number of hydrogen-bond donors (Lipinski definition) is 3. The van der Waals surface area contributed by atoms with Gasteiger partial charge in [0, 0.05) is 5.56 Å². The highest BCUT2D eigenvalue weighted by Crippen LogP contribution is 2.66.